The van der Waals surface area contributed by atoms with Gasteiger partial charge in [-0.15, -0.1) is 11.3 Å². The second-order valence-corrected chi connectivity index (χ2v) is 6.07. The highest BCUT2D eigenvalue weighted by Crippen LogP contribution is 2.29. The van der Waals surface area contributed by atoms with Crippen LogP contribution in [0.1, 0.15) is 18.3 Å². The molecule has 0 radical (unpaired) electrons. The van der Waals surface area contributed by atoms with Gasteiger partial charge in [0.1, 0.15) is 10.7 Å². The predicted octanol–water partition coefficient (Wildman–Crippen LogP) is 3.65. The van der Waals surface area contributed by atoms with Crippen LogP contribution in [0.3, 0.4) is 0 Å². The van der Waals surface area contributed by atoms with Gasteiger partial charge >= 0.3 is 6.61 Å². The molecule has 3 rings (SSSR count). The van der Waals surface area contributed by atoms with Crippen LogP contribution < -0.4 is 15.0 Å². The molecule has 9 heteroatoms. The lowest BCUT2D eigenvalue weighted by molar-refractivity contribution is -0.0514. The molecule has 0 fully saturated rings. The molecule has 0 unspecified atom stereocenters. The van der Waals surface area contributed by atoms with Crippen molar-refractivity contribution in [1.82, 2.24) is 9.66 Å². The second-order valence-electron chi connectivity index (χ2n) is 5.18. The topological polar surface area (TPSA) is 65.7 Å². The molecule has 0 spiro atoms. The van der Waals surface area contributed by atoms with Gasteiger partial charge in [0.05, 0.1) is 18.2 Å². The van der Waals surface area contributed by atoms with Crippen LogP contribution in [-0.2, 0) is 0 Å². The number of nitrogens with zero attached hydrogens (tertiary/aromatic N) is 3. The molecule has 2 aromatic heterocycles. The molecule has 1 aromatic carbocycles. The molecule has 0 saturated heterocycles. The first kappa shape index (κ1) is 18.0. The molecule has 0 saturated carbocycles. The number of hydrogen-bond donors (Lipinski definition) is 0. The van der Waals surface area contributed by atoms with Crippen molar-refractivity contribution in [2.24, 2.45) is 5.10 Å². The van der Waals surface area contributed by atoms with E-state index in [9.17, 15) is 13.6 Å². The van der Waals surface area contributed by atoms with Crippen molar-refractivity contribution >= 4 is 27.8 Å². The van der Waals surface area contributed by atoms with Gasteiger partial charge in [-0.1, -0.05) is 0 Å². The number of halogens is 2. The molecule has 26 heavy (non-hydrogen) atoms. The molecule has 0 aliphatic heterocycles. The number of aryl methyl sites for hydroxylation is 1. The van der Waals surface area contributed by atoms with E-state index >= 15 is 0 Å². The zero-order valence-corrected chi connectivity index (χ0v) is 14.8. The highest BCUT2D eigenvalue weighted by Gasteiger charge is 2.12. The predicted molar refractivity (Wildman–Crippen MR) is 95.9 cm³/mol. The fourth-order valence-corrected chi connectivity index (χ4v) is 3.13. The van der Waals surface area contributed by atoms with E-state index in [1.165, 1.54) is 34.4 Å². The third-order valence-electron chi connectivity index (χ3n) is 3.44. The second kappa shape index (κ2) is 7.61. The van der Waals surface area contributed by atoms with Crippen LogP contribution in [0.15, 0.2) is 39.5 Å². The molecule has 3 aromatic rings. The Morgan fingerprint density at radius 1 is 1.35 bits per heavy atom. The Bertz CT molecular complexity index is 1010. The van der Waals surface area contributed by atoms with E-state index in [0.717, 1.165) is 0 Å². The lowest BCUT2D eigenvalue weighted by Gasteiger charge is -2.11. The van der Waals surface area contributed by atoms with E-state index in [2.05, 4.69) is 14.8 Å². The number of benzene rings is 1. The summed E-state index contributed by atoms with van der Waals surface area (Å²) in [6, 6.07) is 6.13. The molecule has 6 nitrogen and oxygen atoms in total. The smallest absolute Gasteiger partial charge is 0.387 e. The summed E-state index contributed by atoms with van der Waals surface area (Å²) in [4.78, 5) is 17.5. The first-order valence-electron chi connectivity index (χ1n) is 7.72. The fourth-order valence-electron chi connectivity index (χ4n) is 2.33. The Balaban J connectivity index is 1.95. The molecule has 0 amide bonds. The van der Waals surface area contributed by atoms with Crippen LogP contribution in [-0.4, -0.2) is 29.1 Å². The van der Waals surface area contributed by atoms with Crippen LogP contribution >= 0.6 is 11.3 Å². The van der Waals surface area contributed by atoms with Gasteiger partial charge in [-0.3, -0.25) is 4.79 Å². The number of thiophene rings is 1. The number of rotatable bonds is 6. The lowest BCUT2D eigenvalue weighted by Crippen LogP contribution is -2.19. The van der Waals surface area contributed by atoms with Gasteiger partial charge in [0, 0.05) is 0 Å². The molecule has 0 aliphatic carbocycles. The summed E-state index contributed by atoms with van der Waals surface area (Å²) in [6.07, 6.45) is 1.43. The Morgan fingerprint density at radius 3 is 2.88 bits per heavy atom. The minimum absolute atomic E-state index is 0.0614. The normalized spacial score (nSPS) is 11.6. The van der Waals surface area contributed by atoms with Gasteiger partial charge in [-0.2, -0.15) is 18.6 Å². The van der Waals surface area contributed by atoms with Crippen molar-refractivity contribution in [2.45, 2.75) is 20.5 Å². The molecule has 0 bridgehead atoms. The Labute approximate surface area is 151 Å². The van der Waals surface area contributed by atoms with Gasteiger partial charge in [0.2, 0.25) is 0 Å². The van der Waals surface area contributed by atoms with E-state index in [4.69, 9.17) is 4.74 Å². The van der Waals surface area contributed by atoms with E-state index in [1.54, 1.807) is 31.4 Å². The van der Waals surface area contributed by atoms with E-state index in [1.807, 2.05) is 0 Å². The third-order valence-corrected chi connectivity index (χ3v) is 4.25. The molecule has 0 aliphatic rings. The van der Waals surface area contributed by atoms with Gasteiger partial charge < -0.3 is 9.47 Å². The minimum Gasteiger partial charge on any atom is -0.490 e. The number of ether oxygens (including phenoxy) is 2. The molecule has 0 atom stereocenters. The van der Waals surface area contributed by atoms with Crippen molar-refractivity contribution in [3.05, 3.63) is 51.4 Å². The summed E-state index contributed by atoms with van der Waals surface area (Å²) in [6.45, 7) is 0.761. The highest BCUT2D eigenvalue weighted by molar-refractivity contribution is 7.16. The summed E-state index contributed by atoms with van der Waals surface area (Å²) < 4.78 is 35.9. The fraction of sp³-hybridized carbons (Fsp3) is 0.235. The maximum atomic E-state index is 12.5. The monoisotopic (exact) mass is 379 g/mol. The molecular weight excluding hydrogens is 364 g/mol. The maximum Gasteiger partial charge on any atom is 0.387 e. The van der Waals surface area contributed by atoms with Crippen molar-refractivity contribution in [3.8, 4) is 11.5 Å². The molecule has 2 heterocycles. The molecule has 136 valence electrons. The van der Waals surface area contributed by atoms with Gasteiger partial charge in [0.15, 0.2) is 11.5 Å². The summed E-state index contributed by atoms with van der Waals surface area (Å²) in [5, 5.41) is 6.46. The Kier molecular flexibility index (Phi) is 5.27. The largest absolute Gasteiger partial charge is 0.490 e. The first-order chi connectivity index (χ1) is 12.5. The number of alkyl halides is 2. The summed E-state index contributed by atoms with van der Waals surface area (Å²) >= 11 is 1.38. The van der Waals surface area contributed by atoms with Crippen molar-refractivity contribution < 1.29 is 18.3 Å². The van der Waals surface area contributed by atoms with Crippen molar-refractivity contribution in [3.63, 3.8) is 0 Å². The SMILES string of the molecule is CCOc1cc(C=Nn2c(C)nc3sccc3c2=O)ccc1OC(F)F. The summed E-state index contributed by atoms with van der Waals surface area (Å²) in [5.74, 6) is 0.560. The van der Waals surface area contributed by atoms with E-state index in [-0.39, 0.29) is 23.7 Å². The van der Waals surface area contributed by atoms with E-state index < -0.39 is 6.61 Å². The molecule has 0 N–H and O–H groups in total. The van der Waals surface area contributed by atoms with Crippen molar-refractivity contribution in [1.29, 1.82) is 0 Å². The van der Waals surface area contributed by atoms with Crippen LogP contribution in [0.4, 0.5) is 8.78 Å². The zero-order valence-electron chi connectivity index (χ0n) is 14.0. The quantitative estimate of drug-likeness (QED) is 0.613. The van der Waals surface area contributed by atoms with Crippen LogP contribution in [0.25, 0.3) is 10.2 Å². The van der Waals surface area contributed by atoms with E-state index in [0.29, 0.717) is 21.6 Å². The van der Waals surface area contributed by atoms with Gasteiger partial charge in [-0.05, 0) is 49.1 Å². The number of aromatic nitrogens is 2. The van der Waals surface area contributed by atoms with Crippen molar-refractivity contribution in [2.75, 3.05) is 6.61 Å². The van der Waals surface area contributed by atoms with Gasteiger partial charge in [-0.25, -0.2) is 4.98 Å². The number of hydrogen-bond acceptors (Lipinski definition) is 6. The summed E-state index contributed by atoms with van der Waals surface area (Å²) in [5.41, 5.74) is 0.291. The zero-order chi connectivity index (χ0) is 18.7. The highest BCUT2D eigenvalue weighted by atomic mass is 32.1. The van der Waals surface area contributed by atoms with Gasteiger partial charge in [0.25, 0.3) is 5.56 Å². The van der Waals surface area contributed by atoms with Crippen LogP contribution in [0.2, 0.25) is 0 Å². The summed E-state index contributed by atoms with van der Waals surface area (Å²) in [7, 11) is 0. The Hall–Kier alpha value is -2.81. The Morgan fingerprint density at radius 2 is 2.15 bits per heavy atom. The lowest BCUT2D eigenvalue weighted by atomic mass is 10.2. The van der Waals surface area contributed by atoms with Crippen LogP contribution in [0, 0.1) is 6.92 Å². The first-order valence-corrected chi connectivity index (χ1v) is 8.60. The third kappa shape index (κ3) is 3.72. The molecular formula is C17H15F2N3O3S. The standard InChI is InChI=1S/C17H15F2N3O3S/c1-3-24-14-8-11(4-5-13(14)25-17(18)19)9-20-22-10(2)21-15-12(16(22)23)6-7-26-15/h4-9,17H,3H2,1-2H3. The minimum atomic E-state index is -2.95. The maximum absolute atomic E-state index is 12.5. The average Bonchev–Trinajstić information content (AvgIpc) is 3.05. The average molecular weight is 379 g/mol. The van der Waals surface area contributed by atoms with Crippen LogP contribution in [0.5, 0.6) is 11.5 Å². The number of fused-ring (bicyclic) bond motifs is 1.